The fraction of sp³-hybridized carbons (Fsp3) is 0.341. The maximum absolute atomic E-state index is 14.3. The van der Waals surface area contributed by atoms with Gasteiger partial charge in [0.15, 0.2) is 5.82 Å². The number of pyridine rings is 2. The Hall–Kier alpha value is -5.33. The fourth-order valence-corrected chi connectivity index (χ4v) is 10.1. The molecule has 3 unspecified atom stereocenters. The summed E-state index contributed by atoms with van der Waals surface area (Å²) in [5, 5.41) is 8.96. The van der Waals surface area contributed by atoms with Gasteiger partial charge in [0.05, 0.1) is 53.0 Å². The minimum atomic E-state index is -0.656. The molecule has 3 atom stereocenters. The van der Waals surface area contributed by atoms with Crippen molar-refractivity contribution >= 4 is 33.1 Å². The van der Waals surface area contributed by atoms with E-state index in [-0.39, 0.29) is 23.8 Å². The van der Waals surface area contributed by atoms with Gasteiger partial charge in [-0.15, -0.1) is 11.3 Å². The second-order valence-electron chi connectivity index (χ2n) is 14.4. The third-order valence-corrected chi connectivity index (χ3v) is 12.6. The van der Waals surface area contributed by atoms with E-state index in [4.69, 9.17) is 24.0 Å². The summed E-state index contributed by atoms with van der Waals surface area (Å²) in [5.41, 5.74) is 8.51. The van der Waals surface area contributed by atoms with E-state index in [0.29, 0.717) is 30.0 Å². The predicted molar refractivity (Wildman–Crippen MR) is 202 cm³/mol. The first-order valence-electron chi connectivity index (χ1n) is 18.5. The topological polar surface area (TPSA) is 135 Å². The lowest BCUT2D eigenvalue weighted by Crippen LogP contribution is -2.22. The number of nitrogens with one attached hydrogen (secondary N) is 2. The van der Waals surface area contributed by atoms with Crippen molar-refractivity contribution in [2.45, 2.75) is 62.9 Å². The molecule has 3 aliphatic heterocycles. The molecule has 0 spiro atoms. The fourth-order valence-electron chi connectivity index (χ4n) is 8.95. The number of hydrogen-bond donors (Lipinski definition) is 2. The van der Waals surface area contributed by atoms with Gasteiger partial charge in [0.25, 0.3) is 5.91 Å². The summed E-state index contributed by atoms with van der Waals surface area (Å²) < 4.78 is 17.4. The third-order valence-electron chi connectivity index (χ3n) is 11.5. The minimum Gasteiger partial charge on any atom is -0.496 e. The van der Waals surface area contributed by atoms with Gasteiger partial charge in [0.1, 0.15) is 11.6 Å². The van der Waals surface area contributed by atoms with Crippen LogP contribution in [0.1, 0.15) is 87.7 Å². The molecule has 4 aliphatic rings. The maximum Gasteiger partial charge on any atom is 0.439 e. The highest BCUT2D eigenvalue weighted by molar-refractivity contribution is 7.23. The second kappa shape index (κ2) is 13.0. The molecule has 2 aromatic carbocycles. The number of anilines is 1. The van der Waals surface area contributed by atoms with Gasteiger partial charge in [-0.05, 0) is 90.8 Å². The molecular formula is C41H38N6O5S. The number of fused-ring (bicyclic) bond motifs is 5. The lowest BCUT2D eigenvalue weighted by atomic mass is 9.91. The Labute approximate surface area is 309 Å². The van der Waals surface area contributed by atoms with Crippen molar-refractivity contribution in [2.24, 2.45) is 0 Å². The zero-order valence-corrected chi connectivity index (χ0v) is 30.1. The molecule has 1 amide bonds. The molecule has 11 nitrogen and oxygen atoms in total. The number of aromatic amines is 1. The monoisotopic (exact) mass is 726 g/mol. The van der Waals surface area contributed by atoms with Gasteiger partial charge < -0.3 is 19.7 Å². The number of aryl methyl sites for hydroxylation is 2. The number of ether oxygens (including phenoxy) is 2. The van der Waals surface area contributed by atoms with Crippen molar-refractivity contribution in [2.75, 3.05) is 32.2 Å². The Morgan fingerprint density at radius 2 is 1.96 bits per heavy atom. The smallest absolute Gasteiger partial charge is 0.439 e. The van der Waals surface area contributed by atoms with Gasteiger partial charge in [-0.25, -0.2) is 9.78 Å². The Morgan fingerprint density at radius 3 is 2.81 bits per heavy atom. The predicted octanol–water partition coefficient (Wildman–Crippen LogP) is 7.39. The molecule has 2 N–H and O–H groups in total. The average Bonchev–Trinajstić information content (AvgIpc) is 4.04. The molecule has 10 rings (SSSR count). The van der Waals surface area contributed by atoms with Gasteiger partial charge in [-0.2, -0.15) is 0 Å². The van der Waals surface area contributed by atoms with Crippen molar-refractivity contribution in [3.63, 3.8) is 0 Å². The number of benzene rings is 2. The van der Waals surface area contributed by atoms with Gasteiger partial charge in [0.2, 0.25) is 0 Å². The number of carbonyl (C=O) groups is 1. The van der Waals surface area contributed by atoms with Crippen LogP contribution < -0.4 is 15.8 Å². The van der Waals surface area contributed by atoms with Crippen LogP contribution in [0.2, 0.25) is 0 Å². The Balaban J connectivity index is 1.10. The zero-order chi connectivity index (χ0) is 35.6. The lowest BCUT2D eigenvalue weighted by molar-refractivity contribution is 0.0776. The summed E-state index contributed by atoms with van der Waals surface area (Å²) in [4.78, 5) is 42.6. The second-order valence-corrected chi connectivity index (χ2v) is 15.5. The summed E-state index contributed by atoms with van der Waals surface area (Å²) in [7, 11) is 1.72. The van der Waals surface area contributed by atoms with Crippen LogP contribution in [0.4, 0.5) is 5.82 Å². The molecule has 12 heteroatoms. The van der Waals surface area contributed by atoms with Gasteiger partial charge in [-0.3, -0.25) is 19.3 Å². The molecule has 0 bridgehead atoms. The highest BCUT2D eigenvalue weighted by Gasteiger charge is 2.44. The molecule has 4 aromatic heterocycles. The number of thiophene rings is 1. The lowest BCUT2D eigenvalue weighted by Gasteiger charge is -2.17. The van der Waals surface area contributed by atoms with Crippen LogP contribution in [0.3, 0.4) is 0 Å². The molecule has 6 aromatic rings. The number of amides is 1. The summed E-state index contributed by atoms with van der Waals surface area (Å²) in [5.74, 6) is 1.71. The molecule has 1 aliphatic carbocycles. The van der Waals surface area contributed by atoms with Gasteiger partial charge in [0, 0.05) is 35.7 Å². The first-order valence-corrected chi connectivity index (χ1v) is 19.3. The van der Waals surface area contributed by atoms with E-state index in [1.165, 1.54) is 22.3 Å². The van der Waals surface area contributed by atoms with E-state index in [1.807, 2.05) is 29.3 Å². The number of aromatic nitrogens is 4. The van der Waals surface area contributed by atoms with Gasteiger partial charge >= 0.3 is 5.76 Å². The van der Waals surface area contributed by atoms with E-state index in [9.17, 15) is 9.59 Å². The Bertz CT molecular complexity index is 2460. The number of H-pyrrole nitrogens is 1. The Kier molecular flexibility index (Phi) is 7.90. The molecular weight excluding hydrogens is 689 g/mol. The normalized spacial score (nSPS) is 20.3. The van der Waals surface area contributed by atoms with Crippen LogP contribution in [0.5, 0.6) is 5.75 Å². The van der Waals surface area contributed by atoms with E-state index < -0.39 is 5.76 Å². The quantitative estimate of drug-likeness (QED) is 0.156. The van der Waals surface area contributed by atoms with Crippen LogP contribution in [0, 0.1) is 0 Å². The largest absolute Gasteiger partial charge is 0.496 e. The SMILES string of the molecule is COc1cccc2c1CCC2Nc1nccc2cc(-c3c4c(nc(CCc5cccc(C6CCOC6)c5)c3-c3noc(=O)[nH]3)C3CCCN3C4=O)sc12. The van der Waals surface area contributed by atoms with Crippen molar-refractivity contribution in [3.05, 3.63) is 111 Å². The highest BCUT2D eigenvalue weighted by atomic mass is 32.1. The average molecular weight is 727 g/mol. The first-order chi connectivity index (χ1) is 26.0. The number of methoxy groups -OCH3 is 1. The van der Waals surface area contributed by atoms with Crippen LogP contribution in [0.15, 0.2) is 70.1 Å². The number of nitrogens with zero attached hydrogens (tertiary/aromatic N) is 4. The molecule has 2 fully saturated rings. The minimum absolute atomic E-state index is 0.0273. The molecule has 7 heterocycles. The van der Waals surface area contributed by atoms with Crippen LogP contribution in [0.25, 0.3) is 31.9 Å². The third kappa shape index (κ3) is 5.45. The number of rotatable bonds is 9. The summed E-state index contributed by atoms with van der Waals surface area (Å²) in [6, 6.07) is 19.1. The molecule has 268 valence electrons. The standard InChI is InChI=1S/C41H38N6O5S/c1-50-31-9-3-7-26-27(31)11-13-28(26)44-39-37-24(14-16-42-39)20-32(53-37)34-33(38-45-41(49)52-46-38)29(43-36-30-8-4-17-47(30)40(48)35(34)36)12-10-22-5-2-6-23(19-22)25-15-18-51-21-25/h2-3,5-7,9,14,16,19-20,25,28,30H,4,8,10-13,15,17-18,21H2,1H3,(H,42,44)(H,45,46,49). The Morgan fingerprint density at radius 1 is 1.04 bits per heavy atom. The van der Waals surface area contributed by atoms with Crippen LogP contribution >= 0.6 is 11.3 Å². The van der Waals surface area contributed by atoms with E-state index >= 15 is 0 Å². The first kappa shape index (κ1) is 32.3. The van der Waals surface area contributed by atoms with Crippen LogP contribution in [-0.4, -0.2) is 57.8 Å². The number of carbonyl (C=O) groups excluding carboxylic acids is 1. The highest BCUT2D eigenvalue weighted by Crippen LogP contribution is 2.50. The van der Waals surface area contributed by atoms with E-state index in [2.05, 4.69) is 51.9 Å². The number of hydrogen-bond acceptors (Lipinski definition) is 10. The summed E-state index contributed by atoms with van der Waals surface area (Å²) in [6.45, 7) is 2.24. The summed E-state index contributed by atoms with van der Waals surface area (Å²) in [6.07, 6.45) is 7.83. The van der Waals surface area contributed by atoms with E-state index in [1.54, 1.807) is 18.4 Å². The van der Waals surface area contributed by atoms with Crippen molar-refractivity contribution < 1.29 is 18.8 Å². The van der Waals surface area contributed by atoms with Crippen molar-refractivity contribution in [3.8, 4) is 27.6 Å². The molecule has 53 heavy (non-hydrogen) atoms. The molecule has 0 saturated carbocycles. The van der Waals surface area contributed by atoms with E-state index in [0.717, 1.165) is 95.2 Å². The van der Waals surface area contributed by atoms with Crippen molar-refractivity contribution in [1.82, 2.24) is 25.0 Å². The van der Waals surface area contributed by atoms with Crippen molar-refractivity contribution in [1.29, 1.82) is 0 Å². The van der Waals surface area contributed by atoms with Gasteiger partial charge in [-0.1, -0.05) is 41.6 Å². The molecule has 2 saturated heterocycles. The summed E-state index contributed by atoms with van der Waals surface area (Å²) >= 11 is 1.59. The maximum atomic E-state index is 14.3. The van der Waals surface area contributed by atoms with Crippen LogP contribution in [-0.2, 0) is 24.0 Å². The molecule has 0 radical (unpaired) electrons. The zero-order valence-electron chi connectivity index (χ0n) is 29.3.